The minimum atomic E-state index is -0.445. The summed E-state index contributed by atoms with van der Waals surface area (Å²) in [6.45, 7) is 4.88. The number of nitrogens with one attached hydrogen (secondary N) is 1. The Morgan fingerprint density at radius 3 is 2.76 bits per heavy atom. The molecule has 0 saturated heterocycles. The number of carbonyl (C=O) groups is 1. The molecule has 0 atom stereocenters. The van der Waals surface area contributed by atoms with Crippen LogP contribution in [-0.4, -0.2) is 45.1 Å². The Bertz CT molecular complexity index is 1470. The number of nitrogens with zero attached hydrogens (tertiary/aromatic N) is 8. The maximum Gasteiger partial charge on any atom is 0.263 e. The number of aromatic nitrogens is 8. The molecular weight excluding hydrogens is 425 g/mol. The molecule has 0 bridgehead atoms. The van der Waals surface area contributed by atoms with Crippen LogP contribution in [0.2, 0.25) is 0 Å². The number of rotatable bonds is 6. The van der Waals surface area contributed by atoms with E-state index in [9.17, 15) is 9.18 Å². The predicted molar refractivity (Wildman–Crippen MR) is 118 cm³/mol. The smallest absolute Gasteiger partial charge is 0.263 e. The molecule has 0 radical (unpaired) electrons. The van der Waals surface area contributed by atoms with Crippen molar-refractivity contribution in [2.75, 3.05) is 5.32 Å². The first kappa shape index (κ1) is 20.5. The molecule has 5 aromatic rings. The molecule has 1 amide bonds. The van der Waals surface area contributed by atoms with Gasteiger partial charge < -0.3 is 0 Å². The van der Waals surface area contributed by atoms with Crippen LogP contribution in [0.15, 0.2) is 55.2 Å². The van der Waals surface area contributed by atoms with E-state index in [1.165, 1.54) is 23.3 Å². The predicted octanol–water partition coefficient (Wildman–Crippen LogP) is 2.95. The van der Waals surface area contributed by atoms with Crippen molar-refractivity contribution >= 4 is 17.5 Å². The van der Waals surface area contributed by atoms with E-state index in [1.807, 2.05) is 30.8 Å². The van der Waals surface area contributed by atoms with Crippen LogP contribution in [0.25, 0.3) is 16.9 Å². The second-order valence-corrected chi connectivity index (χ2v) is 7.42. The molecule has 0 aliphatic heterocycles. The monoisotopic (exact) mass is 445 g/mol. The molecule has 1 aromatic carbocycles. The van der Waals surface area contributed by atoms with E-state index in [0.717, 1.165) is 23.5 Å². The maximum atomic E-state index is 13.9. The summed E-state index contributed by atoms with van der Waals surface area (Å²) in [5.74, 6) is -0.669. The Balaban J connectivity index is 1.39. The van der Waals surface area contributed by atoms with Gasteiger partial charge in [-0.1, -0.05) is 18.2 Å². The Hall–Kier alpha value is -4.41. The molecule has 0 aliphatic rings. The van der Waals surface area contributed by atoms with Crippen LogP contribution in [0.4, 0.5) is 10.3 Å². The highest BCUT2D eigenvalue weighted by atomic mass is 19.1. The second kappa shape index (κ2) is 8.26. The molecule has 33 heavy (non-hydrogen) atoms. The van der Waals surface area contributed by atoms with Gasteiger partial charge >= 0.3 is 0 Å². The van der Waals surface area contributed by atoms with Crippen molar-refractivity contribution in [3.05, 3.63) is 77.9 Å². The number of anilines is 1. The molecule has 0 saturated carbocycles. The molecule has 4 aromatic heterocycles. The van der Waals surface area contributed by atoms with Gasteiger partial charge in [0.15, 0.2) is 5.65 Å². The lowest BCUT2D eigenvalue weighted by molar-refractivity contribution is 0.102. The zero-order valence-electron chi connectivity index (χ0n) is 18.0. The highest BCUT2D eigenvalue weighted by molar-refractivity contribution is 6.07. The first-order chi connectivity index (χ1) is 16.0. The third-order valence-electron chi connectivity index (χ3n) is 5.24. The van der Waals surface area contributed by atoms with Crippen molar-refractivity contribution in [3.8, 4) is 11.3 Å². The minimum absolute atomic E-state index is 0.104. The summed E-state index contributed by atoms with van der Waals surface area (Å²) < 4.78 is 18.8. The molecule has 11 heteroatoms. The number of fused-ring (bicyclic) bond motifs is 1. The van der Waals surface area contributed by atoms with Crippen molar-refractivity contribution in [1.82, 2.24) is 39.1 Å². The molecule has 4 heterocycles. The lowest BCUT2D eigenvalue weighted by Crippen LogP contribution is -2.14. The highest BCUT2D eigenvalue weighted by Crippen LogP contribution is 2.24. The third kappa shape index (κ3) is 3.84. The fourth-order valence-electron chi connectivity index (χ4n) is 3.59. The number of hydrogen-bond donors (Lipinski definition) is 1. The van der Waals surface area contributed by atoms with Gasteiger partial charge in [-0.15, -0.1) is 5.10 Å². The molecule has 0 unspecified atom stereocenters. The second-order valence-electron chi connectivity index (χ2n) is 7.42. The number of benzene rings is 1. The largest absolute Gasteiger partial charge is 0.289 e. The molecule has 10 nitrogen and oxygen atoms in total. The first-order valence-electron chi connectivity index (χ1n) is 10.3. The summed E-state index contributed by atoms with van der Waals surface area (Å²) in [4.78, 5) is 21.3. The van der Waals surface area contributed by atoms with Crippen molar-refractivity contribution in [3.63, 3.8) is 0 Å². The zero-order chi connectivity index (χ0) is 22.9. The van der Waals surface area contributed by atoms with Gasteiger partial charge in [-0.05, 0) is 26.0 Å². The molecule has 0 spiro atoms. The topological polar surface area (TPSA) is 108 Å². The fourth-order valence-corrected chi connectivity index (χ4v) is 3.59. The minimum Gasteiger partial charge on any atom is -0.289 e. The van der Waals surface area contributed by atoms with Gasteiger partial charge in [0.2, 0.25) is 5.95 Å². The Morgan fingerprint density at radius 2 is 1.97 bits per heavy atom. The zero-order valence-corrected chi connectivity index (χ0v) is 18.0. The van der Waals surface area contributed by atoms with E-state index >= 15 is 0 Å². The van der Waals surface area contributed by atoms with E-state index in [-0.39, 0.29) is 23.9 Å². The SMILES string of the molecule is CCn1cc(-c2ccnc3c(C(=O)Nc4ncn(Cc5ccccc5F)n4)cnn23)c(C)n1. The van der Waals surface area contributed by atoms with Crippen LogP contribution >= 0.6 is 0 Å². The van der Waals surface area contributed by atoms with E-state index in [1.54, 1.807) is 28.9 Å². The number of hydrogen-bond acceptors (Lipinski definition) is 6. The van der Waals surface area contributed by atoms with Gasteiger partial charge in [0, 0.05) is 30.1 Å². The van der Waals surface area contributed by atoms with Crippen LogP contribution in [0.5, 0.6) is 0 Å². The summed E-state index contributed by atoms with van der Waals surface area (Å²) in [5, 5.41) is 15.7. The van der Waals surface area contributed by atoms with Gasteiger partial charge in [-0.25, -0.2) is 23.6 Å². The number of aryl methyl sites for hydroxylation is 2. The number of halogens is 1. The summed E-state index contributed by atoms with van der Waals surface area (Å²) >= 11 is 0. The summed E-state index contributed by atoms with van der Waals surface area (Å²) in [5.41, 5.74) is 3.70. The average Bonchev–Trinajstić information content (AvgIpc) is 3.53. The van der Waals surface area contributed by atoms with E-state index in [0.29, 0.717) is 11.2 Å². The molecule has 0 fully saturated rings. The van der Waals surface area contributed by atoms with Crippen LogP contribution in [0, 0.1) is 12.7 Å². The van der Waals surface area contributed by atoms with Crippen LogP contribution in [-0.2, 0) is 13.1 Å². The maximum absolute atomic E-state index is 13.9. The normalized spacial score (nSPS) is 11.2. The average molecular weight is 445 g/mol. The fraction of sp³-hybridized carbons (Fsp3) is 0.182. The Kier molecular flexibility index (Phi) is 5.13. The third-order valence-corrected chi connectivity index (χ3v) is 5.24. The van der Waals surface area contributed by atoms with Crippen molar-refractivity contribution in [2.24, 2.45) is 0 Å². The van der Waals surface area contributed by atoms with Crippen LogP contribution < -0.4 is 5.32 Å². The lowest BCUT2D eigenvalue weighted by atomic mass is 10.2. The molecule has 5 rings (SSSR count). The van der Waals surface area contributed by atoms with Gasteiger partial charge in [0.1, 0.15) is 17.7 Å². The number of amides is 1. The highest BCUT2D eigenvalue weighted by Gasteiger charge is 2.19. The first-order valence-corrected chi connectivity index (χ1v) is 10.3. The Morgan fingerprint density at radius 1 is 1.12 bits per heavy atom. The summed E-state index contributed by atoms with van der Waals surface area (Å²) in [7, 11) is 0. The van der Waals surface area contributed by atoms with E-state index in [4.69, 9.17) is 0 Å². The molecular formula is C22H20FN9O. The van der Waals surface area contributed by atoms with Crippen LogP contribution in [0.3, 0.4) is 0 Å². The van der Waals surface area contributed by atoms with Gasteiger partial charge in [0.05, 0.1) is 24.1 Å². The van der Waals surface area contributed by atoms with Crippen molar-refractivity contribution in [2.45, 2.75) is 26.9 Å². The van der Waals surface area contributed by atoms with Crippen LogP contribution in [0.1, 0.15) is 28.5 Å². The van der Waals surface area contributed by atoms with Crippen molar-refractivity contribution in [1.29, 1.82) is 0 Å². The van der Waals surface area contributed by atoms with E-state index < -0.39 is 5.91 Å². The van der Waals surface area contributed by atoms with Gasteiger partial charge in [0.25, 0.3) is 5.91 Å². The standard InChI is InChI=1S/C22H20FN9O/c1-3-30-12-17(14(2)28-30)19-8-9-24-20-16(10-26-32(19)20)21(33)27-22-25-13-31(29-22)11-15-6-4-5-7-18(15)23/h4-10,12-13H,3,11H2,1-2H3,(H,27,29,33). The van der Waals surface area contributed by atoms with Gasteiger partial charge in [-0.3, -0.25) is 14.8 Å². The molecule has 1 N–H and O–H groups in total. The molecule has 0 aliphatic carbocycles. The summed E-state index contributed by atoms with van der Waals surface area (Å²) in [6.07, 6.45) is 6.46. The van der Waals surface area contributed by atoms with Gasteiger partial charge in [-0.2, -0.15) is 10.2 Å². The molecule has 166 valence electrons. The number of carbonyl (C=O) groups excluding carboxylic acids is 1. The van der Waals surface area contributed by atoms with E-state index in [2.05, 4.69) is 30.6 Å². The Labute approximate surface area is 187 Å². The lowest BCUT2D eigenvalue weighted by Gasteiger charge is -2.04. The quantitative estimate of drug-likeness (QED) is 0.431. The summed E-state index contributed by atoms with van der Waals surface area (Å²) in [6, 6.07) is 8.26. The van der Waals surface area contributed by atoms with Crippen molar-refractivity contribution < 1.29 is 9.18 Å².